The Bertz CT molecular complexity index is 932. The SMILES string of the molecule is N#Cc1ccc([As]c2nccc(Nc3c(Cl)cc(Cl)cc3Cl)n2)cc1. The van der Waals surface area contributed by atoms with E-state index in [1.165, 1.54) is 0 Å². The van der Waals surface area contributed by atoms with E-state index in [4.69, 9.17) is 40.1 Å². The zero-order chi connectivity index (χ0) is 17.8. The van der Waals surface area contributed by atoms with E-state index in [1.54, 1.807) is 36.5 Å². The Hall–Kier alpha value is -1.76. The van der Waals surface area contributed by atoms with Gasteiger partial charge in [-0.1, -0.05) is 0 Å². The molecule has 3 aromatic rings. The second kappa shape index (κ2) is 8.08. The van der Waals surface area contributed by atoms with E-state index in [9.17, 15) is 0 Å². The number of anilines is 2. The molecule has 0 aliphatic carbocycles. The first-order valence-corrected chi connectivity index (χ1v) is 10.0. The van der Waals surface area contributed by atoms with Crippen LogP contribution in [0.2, 0.25) is 15.1 Å². The van der Waals surface area contributed by atoms with Crippen molar-refractivity contribution >= 4 is 71.0 Å². The summed E-state index contributed by atoms with van der Waals surface area (Å²) in [5.41, 5.74) is 1.18. The molecular weight excluding hydrogens is 441 g/mol. The number of nitrogens with zero attached hydrogens (tertiary/aromatic N) is 3. The molecule has 0 aliphatic rings. The minimum atomic E-state index is -0.399. The van der Waals surface area contributed by atoms with Gasteiger partial charge in [0.1, 0.15) is 0 Å². The fourth-order valence-electron chi connectivity index (χ4n) is 1.99. The predicted octanol–water partition coefficient (Wildman–Crippen LogP) is 3.71. The van der Waals surface area contributed by atoms with Gasteiger partial charge in [0.05, 0.1) is 0 Å². The molecule has 0 spiro atoms. The topological polar surface area (TPSA) is 61.6 Å². The third-order valence-electron chi connectivity index (χ3n) is 3.13. The number of hydrogen-bond donors (Lipinski definition) is 1. The number of aromatic nitrogens is 2. The molecule has 0 bridgehead atoms. The standard InChI is InChI=1S/C17H9AsCl3N4/c19-12-7-13(20)16(14(21)8-12)24-15-5-6-23-17(25-15)18-11-3-1-10(9-22)2-4-11/h1-8H,(H,23,24,25). The van der Waals surface area contributed by atoms with Crippen molar-refractivity contribution in [3.63, 3.8) is 0 Å². The predicted molar refractivity (Wildman–Crippen MR) is 103 cm³/mol. The van der Waals surface area contributed by atoms with Crippen LogP contribution in [-0.2, 0) is 0 Å². The summed E-state index contributed by atoms with van der Waals surface area (Å²) < 4.78 is 1.84. The van der Waals surface area contributed by atoms with Crippen molar-refractivity contribution in [3.05, 3.63) is 69.3 Å². The van der Waals surface area contributed by atoms with E-state index in [0.717, 1.165) is 8.96 Å². The fourth-order valence-corrected chi connectivity index (χ4v) is 4.60. The van der Waals surface area contributed by atoms with Crippen molar-refractivity contribution in [3.8, 4) is 6.07 Å². The molecule has 0 fully saturated rings. The second-order valence-corrected chi connectivity index (χ2v) is 8.52. The van der Waals surface area contributed by atoms with Crippen molar-refractivity contribution in [2.45, 2.75) is 0 Å². The third kappa shape index (κ3) is 4.65. The summed E-state index contributed by atoms with van der Waals surface area (Å²) in [4.78, 5) is 8.83. The average molecular weight is 451 g/mol. The molecule has 8 heteroatoms. The average Bonchev–Trinajstić information content (AvgIpc) is 2.59. The molecule has 1 heterocycles. The van der Waals surface area contributed by atoms with Gasteiger partial charge in [-0.05, 0) is 0 Å². The second-order valence-electron chi connectivity index (χ2n) is 4.88. The van der Waals surface area contributed by atoms with Gasteiger partial charge in [-0.15, -0.1) is 0 Å². The van der Waals surface area contributed by atoms with E-state index in [2.05, 4.69) is 21.4 Å². The Morgan fingerprint density at radius 2 is 1.68 bits per heavy atom. The van der Waals surface area contributed by atoms with E-state index in [1.807, 2.05) is 12.1 Å². The zero-order valence-electron chi connectivity index (χ0n) is 12.5. The van der Waals surface area contributed by atoms with Crippen LogP contribution in [0.5, 0.6) is 0 Å². The summed E-state index contributed by atoms with van der Waals surface area (Å²) in [6.45, 7) is 0. The van der Waals surface area contributed by atoms with Gasteiger partial charge in [0, 0.05) is 0 Å². The van der Waals surface area contributed by atoms with Crippen LogP contribution in [0, 0.1) is 11.3 Å². The van der Waals surface area contributed by atoms with Gasteiger partial charge in [-0.3, -0.25) is 0 Å². The van der Waals surface area contributed by atoms with Crippen molar-refractivity contribution in [1.29, 1.82) is 5.26 Å². The van der Waals surface area contributed by atoms with Gasteiger partial charge in [0.25, 0.3) is 0 Å². The normalized spacial score (nSPS) is 10.8. The van der Waals surface area contributed by atoms with Crippen LogP contribution >= 0.6 is 34.8 Å². The first-order valence-electron chi connectivity index (χ1n) is 7.01. The number of rotatable bonds is 4. The Kier molecular flexibility index (Phi) is 5.83. The number of nitrogens with one attached hydrogen (secondary N) is 1. The molecule has 0 saturated carbocycles. The summed E-state index contributed by atoms with van der Waals surface area (Å²) in [5.74, 6) is 0.597. The summed E-state index contributed by atoms with van der Waals surface area (Å²) in [6.07, 6.45) is 1.68. The van der Waals surface area contributed by atoms with Crippen LogP contribution in [0.1, 0.15) is 5.56 Å². The summed E-state index contributed by atoms with van der Waals surface area (Å²) >= 11 is 17.9. The molecular formula is C17H9AsCl3N4. The van der Waals surface area contributed by atoms with Gasteiger partial charge in [0.2, 0.25) is 0 Å². The van der Waals surface area contributed by atoms with E-state index in [-0.39, 0.29) is 0 Å². The van der Waals surface area contributed by atoms with Crippen LogP contribution in [0.4, 0.5) is 11.5 Å². The number of halogens is 3. The Balaban J connectivity index is 1.81. The molecule has 0 saturated heterocycles. The van der Waals surface area contributed by atoms with Crippen LogP contribution in [-0.4, -0.2) is 25.7 Å². The first-order chi connectivity index (χ1) is 12.0. The van der Waals surface area contributed by atoms with Gasteiger partial charge in [-0.25, -0.2) is 0 Å². The molecule has 0 unspecified atom stereocenters. The summed E-state index contributed by atoms with van der Waals surface area (Å²) in [5, 5.41) is 13.3. The number of nitriles is 1. The zero-order valence-corrected chi connectivity index (χ0v) is 16.7. The number of benzene rings is 2. The Labute approximate surface area is 166 Å². The van der Waals surface area contributed by atoms with Crippen molar-refractivity contribution in [2.24, 2.45) is 0 Å². The van der Waals surface area contributed by atoms with Crippen LogP contribution in [0.15, 0.2) is 48.7 Å². The molecule has 1 radical (unpaired) electrons. The maximum atomic E-state index is 8.85. The van der Waals surface area contributed by atoms with E-state index in [0.29, 0.717) is 32.1 Å². The van der Waals surface area contributed by atoms with Crippen LogP contribution < -0.4 is 14.3 Å². The summed E-state index contributed by atoms with van der Waals surface area (Å²) in [6, 6.07) is 14.5. The van der Waals surface area contributed by atoms with Crippen molar-refractivity contribution < 1.29 is 0 Å². The molecule has 123 valence electrons. The third-order valence-corrected chi connectivity index (χ3v) is 5.98. The first kappa shape index (κ1) is 18.0. The van der Waals surface area contributed by atoms with Crippen LogP contribution in [0.25, 0.3) is 0 Å². The molecule has 0 atom stereocenters. The van der Waals surface area contributed by atoms with Gasteiger partial charge < -0.3 is 0 Å². The monoisotopic (exact) mass is 449 g/mol. The molecule has 0 amide bonds. The Morgan fingerprint density at radius 3 is 2.32 bits per heavy atom. The Morgan fingerprint density at radius 1 is 1.00 bits per heavy atom. The molecule has 1 N–H and O–H groups in total. The summed E-state index contributed by atoms with van der Waals surface area (Å²) in [7, 11) is 0. The molecule has 3 rings (SSSR count). The van der Waals surface area contributed by atoms with Crippen LogP contribution in [0.3, 0.4) is 0 Å². The maximum absolute atomic E-state index is 8.85. The molecule has 1 aromatic heterocycles. The minimum absolute atomic E-state index is 0.399. The quantitative estimate of drug-likeness (QED) is 0.616. The van der Waals surface area contributed by atoms with Gasteiger partial charge in [-0.2, -0.15) is 0 Å². The van der Waals surface area contributed by atoms with Gasteiger partial charge in [0.15, 0.2) is 0 Å². The molecule has 4 nitrogen and oxygen atoms in total. The molecule has 25 heavy (non-hydrogen) atoms. The fraction of sp³-hybridized carbons (Fsp3) is 0. The molecule has 0 aliphatic heterocycles. The molecule has 2 aromatic carbocycles. The van der Waals surface area contributed by atoms with Crippen molar-refractivity contribution in [2.75, 3.05) is 5.32 Å². The number of hydrogen-bond acceptors (Lipinski definition) is 4. The van der Waals surface area contributed by atoms with Crippen molar-refractivity contribution in [1.82, 2.24) is 9.97 Å². The van der Waals surface area contributed by atoms with E-state index >= 15 is 0 Å². The van der Waals surface area contributed by atoms with Gasteiger partial charge >= 0.3 is 167 Å². The van der Waals surface area contributed by atoms with E-state index < -0.39 is 15.8 Å².